The number of rotatable bonds is 5. The third-order valence-electron chi connectivity index (χ3n) is 4.16. The third kappa shape index (κ3) is 3.41. The number of aryl methyl sites for hydroxylation is 2. The SMILES string of the molecule is CCCc1sc(C(=O)N2CCC(NC)CC2)cc1CC. The molecule has 1 aromatic rings. The van der Waals surface area contributed by atoms with Crippen molar-refractivity contribution in [3.8, 4) is 0 Å². The maximum absolute atomic E-state index is 12.6. The second-order valence-electron chi connectivity index (χ2n) is 5.52. The van der Waals surface area contributed by atoms with Gasteiger partial charge in [-0.2, -0.15) is 0 Å². The molecule has 112 valence electrons. The normalized spacial score (nSPS) is 16.6. The van der Waals surface area contributed by atoms with Crippen LogP contribution >= 0.6 is 11.3 Å². The number of carbonyl (C=O) groups is 1. The molecule has 1 aromatic heterocycles. The molecule has 2 heterocycles. The van der Waals surface area contributed by atoms with Crippen molar-refractivity contribution in [2.75, 3.05) is 20.1 Å². The molecule has 4 heteroatoms. The monoisotopic (exact) mass is 294 g/mol. The number of carbonyl (C=O) groups excluding carboxylic acids is 1. The van der Waals surface area contributed by atoms with Crippen molar-refractivity contribution in [3.05, 3.63) is 21.4 Å². The van der Waals surface area contributed by atoms with E-state index in [0.29, 0.717) is 6.04 Å². The number of nitrogens with one attached hydrogen (secondary N) is 1. The van der Waals surface area contributed by atoms with E-state index in [1.54, 1.807) is 11.3 Å². The Morgan fingerprint density at radius 1 is 1.40 bits per heavy atom. The summed E-state index contributed by atoms with van der Waals surface area (Å²) in [4.78, 5) is 17.0. The highest BCUT2D eigenvalue weighted by molar-refractivity contribution is 7.14. The van der Waals surface area contributed by atoms with Crippen LogP contribution in [0.1, 0.15) is 53.2 Å². The van der Waals surface area contributed by atoms with Crippen LogP contribution in [0.5, 0.6) is 0 Å². The van der Waals surface area contributed by atoms with E-state index in [9.17, 15) is 4.79 Å². The first-order chi connectivity index (χ1) is 9.69. The molecule has 1 aliphatic rings. The second-order valence-corrected chi connectivity index (χ2v) is 6.65. The van der Waals surface area contributed by atoms with E-state index in [0.717, 1.165) is 50.1 Å². The van der Waals surface area contributed by atoms with E-state index in [1.165, 1.54) is 10.4 Å². The van der Waals surface area contributed by atoms with Gasteiger partial charge in [0.1, 0.15) is 0 Å². The van der Waals surface area contributed by atoms with E-state index < -0.39 is 0 Å². The van der Waals surface area contributed by atoms with Crippen molar-refractivity contribution < 1.29 is 4.79 Å². The first-order valence-corrected chi connectivity index (χ1v) is 8.59. The molecule has 0 aromatic carbocycles. The van der Waals surface area contributed by atoms with Gasteiger partial charge >= 0.3 is 0 Å². The molecule has 0 aliphatic carbocycles. The van der Waals surface area contributed by atoms with Crippen LogP contribution in [-0.2, 0) is 12.8 Å². The molecule has 0 radical (unpaired) electrons. The minimum atomic E-state index is 0.238. The zero-order chi connectivity index (χ0) is 14.5. The standard InChI is InChI=1S/C16H26N2OS/c1-4-6-14-12(5-2)11-15(20-14)16(19)18-9-7-13(17-3)8-10-18/h11,13,17H,4-10H2,1-3H3. The summed E-state index contributed by atoms with van der Waals surface area (Å²) in [5, 5.41) is 3.31. The van der Waals surface area contributed by atoms with E-state index in [1.807, 2.05) is 11.9 Å². The van der Waals surface area contributed by atoms with Gasteiger partial charge in [0.25, 0.3) is 5.91 Å². The van der Waals surface area contributed by atoms with Gasteiger partial charge in [0.05, 0.1) is 4.88 Å². The fourth-order valence-corrected chi connectivity index (χ4v) is 4.16. The van der Waals surface area contributed by atoms with Gasteiger partial charge in [0.15, 0.2) is 0 Å². The summed E-state index contributed by atoms with van der Waals surface area (Å²) in [5.74, 6) is 0.238. The smallest absolute Gasteiger partial charge is 0.263 e. The summed E-state index contributed by atoms with van der Waals surface area (Å²) in [6.07, 6.45) is 5.41. The lowest BCUT2D eigenvalue weighted by Crippen LogP contribution is -2.43. The summed E-state index contributed by atoms with van der Waals surface area (Å²) in [6, 6.07) is 2.70. The maximum atomic E-state index is 12.6. The molecule has 3 nitrogen and oxygen atoms in total. The van der Waals surface area contributed by atoms with Gasteiger partial charge in [0, 0.05) is 24.0 Å². The van der Waals surface area contributed by atoms with E-state index in [2.05, 4.69) is 25.2 Å². The number of nitrogens with zero attached hydrogens (tertiary/aromatic N) is 1. The number of thiophene rings is 1. The second kappa shape index (κ2) is 7.23. The Morgan fingerprint density at radius 3 is 2.65 bits per heavy atom. The first-order valence-electron chi connectivity index (χ1n) is 7.77. The highest BCUT2D eigenvalue weighted by Crippen LogP contribution is 2.26. The van der Waals surface area contributed by atoms with E-state index in [4.69, 9.17) is 0 Å². The third-order valence-corrected chi connectivity index (χ3v) is 5.38. The fourth-order valence-electron chi connectivity index (χ4n) is 2.84. The Labute approximate surface area is 126 Å². The Hall–Kier alpha value is -0.870. The van der Waals surface area contributed by atoms with Gasteiger partial charge in [-0.15, -0.1) is 11.3 Å². The van der Waals surface area contributed by atoms with Crippen LogP contribution in [0, 0.1) is 0 Å². The lowest BCUT2D eigenvalue weighted by atomic mass is 10.1. The van der Waals surface area contributed by atoms with Crippen molar-refractivity contribution in [2.45, 2.75) is 52.0 Å². The Balaban J connectivity index is 2.05. The van der Waals surface area contributed by atoms with E-state index >= 15 is 0 Å². The van der Waals surface area contributed by atoms with Crippen LogP contribution in [0.2, 0.25) is 0 Å². The molecular formula is C16H26N2OS. The molecule has 0 unspecified atom stereocenters. The van der Waals surface area contributed by atoms with Gasteiger partial charge in [0.2, 0.25) is 0 Å². The van der Waals surface area contributed by atoms with E-state index in [-0.39, 0.29) is 5.91 Å². The zero-order valence-electron chi connectivity index (χ0n) is 12.9. The Morgan fingerprint density at radius 2 is 2.10 bits per heavy atom. The largest absolute Gasteiger partial charge is 0.338 e. The van der Waals surface area contributed by atoms with Gasteiger partial charge in [-0.25, -0.2) is 0 Å². The first kappa shape index (κ1) is 15.5. The summed E-state index contributed by atoms with van der Waals surface area (Å²) in [6.45, 7) is 6.14. The average molecular weight is 294 g/mol. The zero-order valence-corrected chi connectivity index (χ0v) is 13.7. The predicted octanol–water partition coefficient (Wildman–Crippen LogP) is 3.09. The predicted molar refractivity (Wildman–Crippen MR) is 85.7 cm³/mol. The number of hydrogen-bond acceptors (Lipinski definition) is 3. The van der Waals surface area contributed by atoms with Gasteiger partial charge in [-0.05, 0) is 44.4 Å². The summed E-state index contributed by atoms with van der Waals surface area (Å²) >= 11 is 1.71. The molecule has 1 aliphatic heterocycles. The number of hydrogen-bond donors (Lipinski definition) is 1. The quantitative estimate of drug-likeness (QED) is 0.905. The van der Waals surface area contributed by atoms with Gasteiger partial charge in [-0.3, -0.25) is 4.79 Å². The fraction of sp³-hybridized carbons (Fsp3) is 0.688. The van der Waals surface area contributed by atoms with Crippen LogP contribution in [0.4, 0.5) is 0 Å². The lowest BCUT2D eigenvalue weighted by Gasteiger charge is -2.31. The molecule has 0 saturated carbocycles. The molecular weight excluding hydrogens is 268 g/mol. The van der Waals surface area contributed by atoms with Crippen LogP contribution in [0.3, 0.4) is 0 Å². The minimum Gasteiger partial charge on any atom is -0.338 e. The van der Waals surface area contributed by atoms with Crippen LogP contribution in [-0.4, -0.2) is 37.0 Å². The highest BCUT2D eigenvalue weighted by atomic mass is 32.1. The van der Waals surface area contributed by atoms with Gasteiger partial charge < -0.3 is 10.2 Å². The molecule has 1 amide bonds. The Kier molecular flexibility index (Phi) is 5.61. The minimum absolute atomic E-state index is 0.238. The molecule has 1 N–H and O–H groups in total. The number of likely N-dealkylation sites (tertiary alicyclic amines) is 1. The molecule has 1 fully saturated rings. The Bertz CT molecular complexity index is 447. The van der Waals surface area contributed by atoms with Crippen molar-refractivity contribution in [1.82, 2.24) is 10.2 Å². The van der Waals surface area contributed by atoms with Crippen molar-refractivity contribution in [1.29, 1.82) is 0 Å². The number of amides is 1. The summed E-state index contributed by atoms with van der Waals surface area (Å²) < 4.78 is 0. The summed E-state index contributed by atoms with van der Waals surface area (Å²) in [7, 11) is 2.01. The molecule has 0 atom stereocenters. The van der Waals surface area contributed by atoms with Crippen LogP contribution in [0.15, 0.2) is 6.07 Å². The topological polar surface area (TPSA) is 32.3 Å². The van der Waals surface area contributed by atoms with Gasteiger partial charge in [-0.1, -0.05) is 20.3 Å². The van der Waals surface area contributed by atoms with Crippen LogP contribution in [0.25, 0.3) is 0 Å². The lowest BCUT2D eigenvalue weighted by molar-refractivity contribution is 0.0712. The summed E-state index contributed by atoms with van der Waals surface area (Å²) in [5.41, 5.74) is 1.37. The van der Waals surface area contributed by atoms with Crippen molar-refractivity contribution in [3.63, 3.8) is 0 Å². The van der Waals surface area contributed by atoms with Crippen molar-refractivity contribution >= 4 is 17.2 Å². The average Bonchev–Trinajstić information content (AvgIpc) is 2.90. The molecule has 1 saturated heterocycles. The van der Waals surface area contributed by atoms with Crippen LogP contribution < -0.4 is 5.32 Å². The molecule has 2 rings (SSSR count). The molecule has 20 heavy (non-hydrogen) atoms. The number of piperidine rings is 1. The molecule has 0 spiro atoms. The maximum Gasteiger partial charge on any atom is 0.263 e. The highest BCUT2D eigenvalue weighted by Gasteiger charge is 2.24. The van der Waals surface area contributed by atoms with Crippen molar-refractivity contribution in [2.24, 2.45) is 0 Å². The molecule has 0 bridgehead atoms.